The molecule has 1 aliphatic heterocycles. The second-order valence-corrected chi connectivity index (χ2v) is 6.96. The smallest absolute Gasteiger partial charge is 0.0660 e. The molecule has 0 aliphatic carbocycles. The molecule has 0 amide bonds. The van der Waals surface area contributed by atoms with Crippen molar-refractivity contribution in [1.82, 2.24) is 4.90 Å². The average Bonchev–Trinajstić information content (AvgIpc) is 2.51. The Hall–Kier alpha value is -1.13. The molecule has 0 unspecified atom stereocenters. The summed E-state index contributed by atoms with van der Waals surface area (Å²) in [7, 11) is 0. The van der Waals surface area contributed by atoms with Crippen LogP contribution in [-0.4, -0.2) is 31.1 Å². The van der Waals surface area contributed by atoms with Crippen LogP contribution >= 0.6 is 34.8 Å². The lowest BCUT2D eigenvalue weighted by atomic mass is 10.2. The fourth-order valence-electron chi connectivity index (χ4n) is 2.82. The number of rotatable bonds is 3. The predicted octanol–water partition coefficient (Wildman–Crippen LogP) is 4.55. The lowest BCUT2D eigenvalue weighted by molar-refractivity contribution is 0.250. The van der Waals surface area contributed by atoms with E-state index in [2.05, 4.69) is 9.80 Å². The highest BCUT2D eigenvalue weighted by Crippen LogP contribution is 2.29. The highest BCUT2D eigenvalue weighted by molar-refractivity contribution is 6.35. The molecule has 2 aromatic rings. The third-order valence-electron chi connectivity index (χ3n) is 4.09. The van der Waals surface area contributed by atoms with E-state index in [-0.39, 0.29) is 0 Å². The number of anilines is 2. The van der Waals surface area contributed by atoms with Gasteiger partial charge in [0.15, 0.2) is 0 Å². The van der Waals surface area contributed by atoms with E-state index in [0.717, 1.165) is 49.0 Å². The van der Waals surface area contributed by atoms with Gasteiger partial charge in [-0.3, -0.25) is 4.90 Å². The van der Waals surface area contributed by atoms with Gasteiger partial charge in [0, 0.05) is 48.5 Å². The van der Waals surface area contributed by atoms with Gasteiger partial charge in [-0.05, 0) is 35.9 Å². The zero-order chi connectivity index (χ0) is 16.4. The zero-order valence-electron chi connectivity index (χ0n) is 12.6. The van der Waals surface area contributed by atoms with Gasteiger partial charge < -0.3 is 10.6 Å². The van der Waals surface area contributed by atoms with E-state index >= 15 is 0 Å². The second-order valence-electron chi connectivity index (χ2n) is 5.71. The summed E-state index contributed by atoms with van der Waals surface area (Å²) in [6.07, 6.45) is 0. The average molecular weight is 371 g/mol. The minimum absolute atomic E-state index is 0.668. The van der Waals surface area contributed by atoms with Gasteiger partial charge in [0.2, 0.25) is 0 Å². The van der Waals surface area contributed by atoms with Gasteiger partial charge in [-0.1, -0.05) is 40.9 Å². The Labute approximate surface area is 151 Å². The summed E-state index contributed by atoms with van der Waals surface area (Å²) < 4.78 is 0. The monoisotopic (exact) mass is 369 g/mol. The minimum Gasteiger partial charge on any atom is -0.399 e. The molecule has 0 radical (unpaired) electrons. The Morgan fingerprint density at radius 2 is 1.61 bits per heavy atom. The summed E-state index contributed by atoms with van der Waals surface area (Å²) in [5.41, 5.74) is 8.60. The molecule has 1 aliphatic rings. The maximum Gasteiger partial charge on any atom is 0.0660 e. The molecule has 122 valence electrons. The van der Waals surface area contributed by atoms with Gasteiger partial charge >= 0.3 is 0 Å². The van der Waals surface area contributed by atoms with Gasteiger partial charge in [-0.15, -0.1) is 0 Å². The van der Waals surface area contributed by atoms with E-state index in [1.165, 1.54) is 0 Å². The summed E-state index contributed by atoms with van der Waals surface area (Å²) in [6.45, 7) is 4.60. The Balaban J connectivity index is 1.62. The molecule has 3 rings (SSSR count). The summed E-state index contributed by atoms with van der Waals surface area (Å²) in [4.78, 5) is 4.68. The van der Waals surface area contributed by atoms with E-state index in [4.69, 9.17) is 40.5 Å². The molecule has 0 atom stereocenters. The molecule has 1 saturated heterocycles. The van der Waals surface area contributed by atoms with E-state index in [9.17, 15) is 0 Å². The Morgan fingerprint density at radius 3 is 2.26 bits per heavy atom. The highest BCUT2D eigenvalue weighted by atomic mass is 35.5. The fourth-order valence-corrected chi connectivity index (χ4v) is 3.59. The summed E-state index contributed by atoms with van der Waals surface area (Å²) in [5.74, 6) is 0. The maximum absolute atomic E-state index is 6.30. The first-order valence-corrected chi connectivity index (χ1v) is 8.62. The molecule has 2 N–H and O–H groups in total. The molecule has 0 spiro atoms. The first-order valence-electron chi connectivity index (χ1n) is 7.49. The van der Waals surface area contributed by atoms with E-state index in [0.29, 0.717) is 15.7 Å². The summed E-state index contributed by atoms with van der Waals surface area (Å²) >= 11 is 18.5. The molecule has 0 bridgehead atoms. The Bertz CT molecular complexity index is 697. The van der Waals surface area contributed by atoms with Crippen LogP contribution in [0.1, 0.15) is 5.56 Å². The van der Waals surface area contributed by atoms with E-state index in [1.54, 1.807) is 12.1 Å². The number of benzene rings is 2. The van der Waals surface area contributed by atoms with Crippen molar-refractivity contribution in [3.8, 4) is 0 Å². The lowest BCUT2D eigenvalue weighted by Crippen LogP contribution is -2.46. The van der Waals surface area contributed by atoms with Crippen LogP contribution in [0.4, 0.5) is 11.4 Å². The van der Waals surface area contributed by atoms with E-state index in [1.807, 2.05) is 24.3 Å². The normalized spacial score (nSPS) is 15.9. The van der Waals surface area contributed by atoms with Crippen molar-refractivity contribution < 1.29 is 0 Å². The molecule has 1 heterocycles. The van der Waals surface area contributed by atoms with Gasteiger partial charge in [0.05, 0.1) is 10.7 Å². The number of nitrogens with two attached hydrogens (primary N) is 1. The van der Waals surface area contributed by atoms with Crippen LogP contribution in [0.5, 0.6) is 0 Å². The predicted molar refractivity (Wildman–Crippen MR) is 99.8 cm³/mol. The van der Waals surface area contributed by atoms with Crippen molar-refractivity contribution >= 4 is 46.2 Å². The molecule has 23 heavy (non-hydrogen) atoms. The van der Waals surface area contributed by atoms with Gasteiger partial charge in [-0.25, -0.2) is 0 Å². The number of hydrogen-bond donors (Lipinski definition) is 1. The van der Waals surface area contributed by atoms with Gasteiger partial charge in [0.1, 0.15) is 0 Å². The molecule has 3 nitrogen and oxygen atoms in total. The number of hydrogen-bond acceptors (Lipinski definition) is 3. The van der Waals surface area contributed by atoms with Crippen molar-refractivity contribution in [3.05, 3.63) is 57.0 Å². The lowest BCUT2D eigenvalue weighted by Gasteiger charge is -2.36. The third-order valence-corrected chi connectivity index (χ3v) is 4.98. The van der Waals surface area contributed by atoms with Gasteiger partial charge in [0.25, 0.3) is 0 Å². The van der Waals surface area contributed by atoms with Crippen LogP contribution in [0, 0.1) is 0 Å². The van der Waals surface area contributed by atoms with Crippen molar-refractivity contribution in [1.29, 1.82) is 0 Å². The van der Waals surface area contributed by atoms with Crippen LogP contribution in [0.15, 0.2) is 36.4 Å². The van der Waals surface area contributed by atoms with Crippen molar-refractivity contribution in [2.75, 3.05) is 36.8 Å². The highest BCUT2D eigenvalue weighted by Gasteiger charge is 2.19. The maximum atomic E-state index is 6.30. The van der Waals surface area contributed by atoms with Crippen molar-refractivity contribution in [3.63, 3.8) is 0 Å². The molecule has 1 fully saturated rings. The topological polar surface area (TPSA) is 32.5 Å². The number of halogens is 3. The quantitative estimate of drug-likeness (QED) is 0.804. The molecular formula is C17H18Cl3N3. The molecule has 6 heteroatoms. The van der Waals surface area contributed by atoms with Crippen LogP contribution in [-0.2, 0) is 6.54 Å². The second kappa shape index (κ2) is 7.18. The zero-order valence-corrected chi connectivity index (χ0v) is 14.9. The molecule has 0 aromatic heterocycles. The van der Waals surface area contributed by atoms with Gasteiger partial charge in [-0.2, -0.15) is 0 Å². The van der Waals surface area contributed by atoms with Crippen LogP contribution in [0.3, 0.4) is 0 Å². The van der Waals surface area contributed by atoms with Crippen molar-refractivity contribution in [2.45, 2.75) is 6.54 Å². The summed E-state index contributed by atoms with van der Waals surface area (Å²) in [6, 6.07) is 11.4. The molecule has 0 saturated carbocycles. The first-order chi connectivity index (χ1) is 11.0. The minimum atomic E-state index is 0.668. The van der Waals surface area contributed by atoms with Crippen LogP contribution in [0.25, 0.3) is 0 Å². The number of nitrogens with zero attached hydrogens (tertiary/aromatic N) is 2. The van der Waals surface area contributed by atoms with Crippen LogP contribution < -0.4 is 10.6 Å². The van der Waals surface area contributed by atoms with E-state index < -0.39 is 0 Å². The fraction of sp³-hybridized carbons (Fsp3) is 0.294. The largest absolute Gasteiger partial charge is 0.399 e. The standard InChI is InChI=1S/C17H18Cl3N3/c18-13-2-1-12(15(19)9-13)11-22-5-7-23(8-6-22)17-4-3-14(21)10-16(17)20/h1-4,9-10H,5-8,11,21H2. The summed E-state index contributed by atoms with van der Waals surface area (Å²) in [5, 5.41) is 2.10. The number of piperazine rings is 1. The van der Waals surface area contributed by atoms with Crippen LogP contribution in [0.2, 0.25) is 15.1 Å². The Kier molecular flexibility index (Phi) is 5.22. The third kappa shape index (κ3) is 4.04. The SMILES string of the molecule is Nc1ccc(N2CCN(Cc3ccc(Cl)cc3Cl)CC2)c(Cl)c1. The Morgan fingerprint density at radius 1 is 0.870 bits per heavy atom. The molecule has 2 aromatic carbocycles. The first kappa shape index (κ1) is 16.7. The van der Waals surface area contributed by atoms with Crippen molar-refractivity contribution in [2.24, 2.45) is 0 Å². The molecular weight excluding hydrogens is 353 g/mol. The number of nitrogen functional groups attached to an aromatic ring is 1.